The third kappa shape index (κ3) is 2.37. The second-order valence-corrected chi connectivity index (χ2v) is 5.50. The van der Waals surface area contributed by atoms with Crippen molar-refractivity contribution in [3.05, 3.63) is 36.2 Å². The lowest BCUT2D eigenvalue weighted by Crippen LogP contribution is -2.46. The zero-order valence-corrected chi connectivity index (χ0v) is 11.8. The Morgan fingerprint density at radius 1 is 1.38 bits per heavy atom. The molecule has 0 bridgehead atoms. The van der Waals surface area contributed by atoms with Crippen LogP contribution in [0.5, 0.6) is 0 Å². The number of aromatic nitrogens is 2. The highest BCUT2D eigenvalue weighted by molar-refractivity contribution is 6.00. The number of hydrogen-bond donors (Lipinski definition) is 1. The van der Waals surface area contributed by atoms with Crippen LogP contribution < -0.4 is 0 Å². The van der Waals surface area contributed by atoms with Crippen LogP contribution in [0.25, 0.3) is 5.52 Å². The normalized spacial score (nSPS) is 22.4. The zero-order chi connectivity index (χ0) is 15.0. The summed E-state index contributed by atoms with van der Waals surface area (Å²) in [4.78, 5) is 25.5. The maximum atomic E-state index is 12.7. The quantitative estimate of drug-likeness (QED) is 0.911. The van der Waals surface area contributed by atoms with Crippen molar-refractivity contribution in [2.24, 2.45) is 5.92 Å². The molecule has 1 N–H and O–H groups in total. The summed E-state index contributed by atoms with van der Waals surface area (Å²) in [6.45, 7) is 2.37. The molecule has 3 heterocycles. The van der Waals surface area contributed by atoms with Gasteiger partial charge in [0.1, 0.15) is 0 Å². The van der Waals surface area contributed by atoms with Gasteiger partial charge in [0, 0.05) is 18.8 Å². The molecule has 0 saturated carbocycles. The van der Waals surface area contributed by atoms with Gasteiger partial charge in [-0.1, -0.05) is 6.07 Å². The van der Waals surface area contributed by atoms with E-state index in [4.69, 9.17) is 5.11 Å². The number of carbonyl (C=O) groups excluding carboxylic acids is 1. The van der Waals surface area contributed by atoms with E-state index in [2.05, 4.69) is 5.10 Å². The fraction of sp³-hybridized carbons (Fsp3) is 0.400. The van der Waals surface area contributed by atoms with Crippen LogP contribution in [0, 0.1) is 5.92 Å². The fourth-order valence-electron chi connectivity index (χ4n) is 2.95. The predicted octanol–water partition coefficient (Wildman–Crippen LogP) is 1.66. The van der Waals surface area contributed by atoms with Gasteiger partial charge < -0.3 is 10.0 Å². The van der Waals surface area contributed by atoms with E-state index >= 15 is 0 Å². The molecule has 110 valence electrons. The van der Waals surface area contributed by atoms with Crippen LogP contribution in [0.4, 0.5) is 0 Å². The summed E-state index contributed by atoms with van der Waals surface area (Å²) < 4.78 is 1.67. The largest absolute Gasteiger partial charge is 0.481 e. The number of likely N-dealkylation sites (tertiary alicyclic amines) is 1. The molecule has 2 aromatic rings. The standard InChI is InChI=1S/C15H17N3O3/c1-10-8-11(15(20)21)5-7-17(10)14(19)12-9-16-18-6-3-2-4-13(12)18/h2-4,6,9-11H,5,7-8H2,1H3,(H,20,21). The molecule has 1 aliphatic heterocycles. The number of carboxylic acids is 1. The molecule has 1 aliphatic rings. The molecule has 1 fully saturated rings. The van der Waals surface area contributed by atoms with Gasteiger partial charge >= 0.3 is 5.97 Å². The van der Waals surface area contributed by atoms with Crippen molar-refractivity contribution in [3.63, 3.8) is 0 Å². The van der Waals surface area contributed by atoms with Crippen molar-refractivity contribution in [2.75, 3.05) is 6.54 Å². The SMILES string of the molecule is CC1CC(C(=O)O)CCN1C(=O)c1cnn2ccccc12. The van der Waals surface area contributed by atoms with Gasteiger partial charge in [-0.15, -0.1) is 0 Å². The topological polar surface area (TPSA) is 74.9 Å². The molecule has 0 aliphatic carbocycles. The van der Waals surface area contributed by atoms with Gasteiger partial charge in [0.15, 0.2) is 0 Å². The van der Waals surface area contributed by atoms with E-state index < -0.39 is 5.97 Å². The van der Waals surface area contributed by atoms with Gasteiger partial charge in [-0.25, -0.2) is 4.52 Å². The number of rotatable bonds is 2. The Bertz CT molecular complexity index is 694. The van der Waals surface area contributed by atoms with E-state index in [1.54, 1.807) is 21.8 Å². The Morgan fingerprint density at radius 2 is 2.19 bits per heavy atom. The van der Waals surface area contributed by atoms with Crippen LogP contribution in [0.3, 0.4) is 0 Å². The lowest BCUT2D eigenvalue weighted by Gasteiger charge is -2.36. The monoisotopic (exact) mass is 287 g/mol. The summed E-state index contributed by atoms with van der Waals surface area (Å²) in [6.07, 6.45) is 4.38. The highest BCUT2D eigenvalue weighted by atomic mass is 16.4. The van der Waals surface area contributed by atoms with E-state index in [0.717, 1.165) is 5.52 Å². The highest BCUT2D eigenvalue weighted by Crippen LogP contribution is 2.25. The minimum Gasteiger partial charge on any atom is -0.481 e. The van der Waals surface area contributed by atoms with Crippen molar-refractivity contribution >= 4 is 17.4 Å². The fourth-order valence-corrected chi connectivity index (χ4v) is 2.95. The minimum atomic E-state index is -0.773. The summed E-state index contributed by atoms with van der Waals surface area (Å²) in [7, 11) is 0. The van der Waals surface area contributed by atoms with Gasteiger partial charge in [0.05, 0.1) is 23.2 Å². The Kier molecular flexibility index (Phi) is 3.37. The van der Waals surface area contributed by atoms with Gasteiger partial charge in [0.2, 0.25) is 0 Å². The summed E-state index contributed by atoms with van der Waals surface area (Å²) in [5.41, 5.74) is 1.34. The lowest BCUT2D eigenvalue weighted by atomic mass is 9.91. The predicted molar refractivity (Wildman–Crippen MR) is 76.1 cm³/mol. The average molecular weight is 287 g/mol. The van der Waals surface area contributed by atoms with Crippen molar-refractivity contribution in [2.45, 2.75) is 25.8 Å². The Morgan fingerprint density at radius 3 is 2.90 bits per heavy atom. The van der Waals surface area contributed by atoms with Crippen LogP contribution in [0.15, 0.2) is 30.6 Å². The summed E-state index contributed by atoms with van der Waals surface area (Å²) >= 11 is 0. The number of amides is 1. The summed E-state index contributed by atoms with van der Waals surface area (Å²) in [5, 5.41) is 13.3. The third-order valence-corrected chi connectivity index (χ3v) is 4.14. The van der Waals surface area contributed by atoms with Crippen molar-refractivity contribution in [1.29, 1.82) is 0 Å². The van der Waals surface area contributed by atoms with Gasteiger partial charge in [-0.05, 0) is 31.9 Å². The summed E-state index contributed by atoms with van der Waals surface area (Å²) in [6, 6.07) is 5.50. The molecular weight excluding hydrogens is 270 g/mol. The first-order chi connectivity index (χ1) is 10.1. The number of pyridine rings is 1. The number of aliphatic carboxylic acids is 1. The molecule has 0 spiro atoms. The molecule has 2 aromatic heterocycles. The maximum absolute atomic E-state index is 12.7. The van der Waals surface area contributed by atoms with E-state index in [1.165, 1.54) is 0 Å². The molecule has 0 radical (unpaired) electrons. The number of carbonyl (C=O) groups is 2. The number of nitrogens with zero attached hydrogens (tertiary/aromatic N) is 3. The second kappa shape index (κ2) is 5.20. The van der Waals surface area contributed by atoms with Gasteiger partial charge in [0.25, 0.3) is 5.91 Å². The number of piperidine rings is 1. The van der Waals surface area contributed by atoms with Crippen molar-refractivity contribution in [3.8, 4) is 0 Å². The van der Waals surface area contributed by atoms with Gasteiger partial charge in [-0.3, -0.25) is 9.59 Å². The van der Waals surface area contributed by atoms with E-state index in [-0.39, 0.29) is 17.9 Å². The molecule has 21 heavy (non-hydrogen) atoms. The highest BCUT2D eigenvalue weighted by Gasteiger charge is 2.33. The Hall–Kier alpha value is -2.37. The van der Waals surface area contributed by atoms with E-state index in [1.807, 2.05) is 25.1 Å². The molecule has 3 rings (SSSR count). The van der Waals surface area contributed by atoms with Crippen LogP contribution in [0.2, 0.25) is 0 Å². The number of carboxylic acid groups (broad SMARTS) is 1. The molecule has 0 aromatic carbocycles. The van der Waals surface area contributed by atoms with Crippen LogP contribution >= 0.6 is 0 Å². The smallest absolute Gasteiger partial charge is 0.306 e. The third-order valence-electron chi connectivity index (χ3n) is 4.14. The molecule has 2 unspecified atom stereocenters. The molecular formula is C15H17N3O3. The van der Waals surface area contributed by atoms with E-state index in [9.17, 15) is 9.59 Å². The minimum absolute atomic E-state index is 0.0764. The first-order valence-electron chi connectivity index (χ1n) is 7.04. The molecule has 1 saturated heterocycles. The van der Waals surface area contributed by atoms with Crippen LogP contribution in [0.1, 0.15) is 30.1 Å². The Labute approximate surface area is 122 Å². The average Bonchev–Trinajstić information content (AvgIpc) is 2.90. The van der Waals surface area contributed by atoms with Crippen molar-refractivity contribution in [1.82, 2.24) is 14.5 Å². The zero-order valence-electron chi connectivity index (χ0n) is 11.8. The molecule has 2 atom stereocenters. The first kappa shape index (κ1) is 13.6. The first-order valence-corrected chi connectivity index (χ1v) is 7.04. The van der Waals surface area contributed by atoms with Crippen molar-refractivity contribution < 1.29 is 14.7 Å². The van der Waals surface area contributed by atoms with E-state index in [0.29, 0.717) is 24.9 Å². The Balaban J connectivity index is 1.84. The maximum Gasteiger partial charge on any atom is 0.306 e. The van der Waals surface area contributed by atoms with Crippen LogP contribution in [-0.2, 0) is 4.79 Å². The molecule has 1 amide bonds. The molecule has 6 heteroatoms. The van der Waals surface area contributed by atoms with Crippen LogP contribution in [-0.4, -0.2) is 44.1 Å². The van der Waals surface area contributed by atoms with Gasteiger partial charge in [-0.2, -0.15) is 5.10 Å². The lowest BCUT2D eigenvalue weighted by molar-refractivity contribution is -0.143. The summed E-state index contributed by atoms with van der Waals surface area (Å²) in [5.74, 6) is -1.20. The second-order valence-electron chi connectivity index (χ2n) is 5.50. The number of fused-ring (bicyclic) bond motifs is 1. The number of hydrogen-bond acceptors (Lipinski definition) is 3. The molecule has 6 nitrogen and oxygen atoms in total.